The minimum atomic E-state index is -0.847. The molecule has 0 bridgehead atoms. The summed E-state index contributed by atoms with van der Waals surface area (Å²) in [5.41, 5.74) is -0.515. The second-order valence-corrected chi connectivity index (χ2v) is 6.03. The number of nitrogens with one attached hydrogen (secondary N) is 2. The molecule has 112 valence electrons. The highest BCUT2D eigenvalue weighted by Crippen LogP contribution is 2.12. The number of urea groups is 1. The molecule has 0 aromatic heterocycles. The van der Waals surface area contributed by atoms with E-state index in [2.05, 4.69) is 24.5 Å². The Hall–Kier alpha value is -1.26. The van der Waals surface area contributed by atoms with Crippen molar-refractivity contribution in [3.8, 4) is 0 Å². The third-order valence-corrected chi connectivity index (χ3v) is 3.25. The van der Waals surface area contributed by atoms with E-state index in [4.69, 9.17) is 5.11 Å². The van der Waals surface area contributed by atoms with Crippen molar-refractivity contribution in [2.45, 2.75) is 71.9 Å². The predicted octanol–water partition coefficient (Wildman–Crippen LogP) is 2.75. The average Bonchev–Trinajstić information content (AvgIpc) is 2.25. The molecule has 0 saturated carbocycles. The first-order valence-corrected chi connectivity index (χ1v) is 6.96. The summed E-state index contributed by atoms with van der Waals surface area (Å²) in [7, 11) is 0. The third-order valence-electron chi connectivity index (χ3n) is 3.25. The molecule has 0 rings (SSSR count). The van der Waals surface area contributed by atoms with Gasteiger partial charge in [-0.1, -0.05) is 20.3 Å². The van der Waals surface area contributed by atoms with Crippen molar-refractivity contribution in [2.75, 3.05) is 0 Å². The van der Waals surface area contributed by atoms with Crippen molar-refractivity contribution in [1.82, 2.24) is 10.6 Å². The van der Waals surface area contributed by atoms with Crippen LogP contribution in [-0.2, 0) is 4.79 Å². The molecule has 5 heteroatoms. The molecule has 0 radical (unpaired) electrons. The fraction of sp³-hybridized carbons (Fsp3) is 0.857. The monoisotopic (exact) mass is 272 g/mol. The Morgan fingerprint density at radius 3 is 2.32 bits per heavy atom. The molecule has 0 aliphatic carbocycles. The molecule has 3 N–H and O–H groups in total. The van der Waals surface area contributed by atoms with Gasteiger partial charge < -0.3 is 15.7 Å². The zero-order valence-corrected chi connectivity index (χ0v) is 12.7. The first kappa shape index (κ1) is 17.7. The van der Waals surface area contributed by atoms with Gasteiger partial charge in [-0.25, -0.2) is 4.79 Å². The Morgan fingerprint density at radius 2 is 1.84 bits per heavy atom. The van der Waals surface area contributed by atoms with Gasteiger partial charge in [-0.2, -0.15) is 0 Å². The Kier molecular flexibility index (Phi) is 7.49. The summed E-state index contributed by atoms with van der Waals surface area (Å²) in [5, 5.41) is 14.4. The van der Waals surface area contributed by atoms with Crippen LogP contribution in [0.1, 0.15) is 60.3 Å². The van der Waals surface area contributed by atoms with Gasteiger partial charge in [0.1, 0.15) is 0 Å². The molecule has 0 aromatic carbocycles. The lowest BCUT2D eigenvalue weighted by molar-refractivity contribution is -0.137. The average molecular weight is 272 g/mol. The van der Waals surface area contributed by atoms with Crippen molar-refractivity contribution in [3.05, 3.63) is 0 Å². The first-order valence-electron chi connectivity index (χ1n) is 6.96. The highest BCUT2D eigenvalue weighted by molar-refractivity contribution is 5.75. The lowest BCUT2D eigenvalue weighted by Gasteiger charge is -2.27. The summed E-state index contributed by atoms with van der Waals surface area (Å²) < 4.78 is 0. The van der Waals surface area contributed by atoms with E-state index in [9.17, 15) is 9.59 Å². The predicted molar refractivity (Wildman–Crippen MR) is 76.2 cm³/mol. The van der Waals surface area contributed by atoms with E-state index in [1.54, 1.807) is 0 Å². The van der Waals surface area contributed by atoms with E-state index < -0.39 is 11.5 Å². The topological polar surface area (TPSA) is 78.4 Å². The number of rotatable bonds is 8. The third kappa shape index (κ3) is 9.33. The zero-order chi connectivity index (χ0) is 15.1. The van der Waals surface area contributed by atoms with Crippen LogP contribution in [-0.4, -0.2) is 28.7 Å². The Bertz CT molecular complexity index is 303. The van der Waals surface area contributed by atoms with E-state index in [0.717, 1.165) is 12.8 Å². The van der Waals surface area contributed by atoms with Crippen molar-refractivity contribution in [2.24, 2.45) is 5.92 Å². The molecule has 2 atom stereocenters. The molecule has 2 unspecified atom stereocenters. The largest absolute Gasteiger partial charge is 0.481 e. The van der Waals surface area contributed by atoms with E-state index in [0.29, 0.717) is 12.3 Å². The molecule has 0 aliphatic rings. The van der Waals surface area contributed by atoms with Gasteiger partial charge in [-0.05, 0) is 39.5 Å². The standard InChI is InChI=1S/C14H28N2O3/c1-6-10(2)9-11(3)15-13(19)16-14(4,5)8-7-12(17)18/h10-11H,6-9H2,1-5H3,(H,17,18)(H2,15,16,19). The van der Waals surface area contributed by atoms with Gasteiger partial charge in [0.15, 0.2) is 0 Å². The molecule has 0 fully saturated rings. The van der Waals surface area contributed by atoms with Gasteiger partial charge in [-0.15, -0.1) is 0 Å². The van der Waals surface area contributed by atoms with Crippen molar-refractivity contribution >= 4 is 12.0 Å². The maximum absolute atomic E-state index is 11.8. The number of carboxylic acids is 1. The lowest BCUT2D eigenvalue weighted by Crippen LogP contribution is -2.50. The second-order valence-electron chi connectivity index (χ2n) is 6.03. The fourth-order valence-corrected chi connectivity index (χ4v) is 1.88. The second kappa shape index (κ2) is 8.02. The molecule has 0 aliphatic heterocycles. The van der Waals surface area contributed by atoms with Crippen molar-refractivity contribution in [3.63, 3.8) is 0 Å². The van der Waals surface area contributed by atoms with E-state index >= 15 is 0 Å². The normalized spacial score (nSPS) is 14.6. The molecule has 2 amide bonds. The van der Waals surface area contributed by atoms with Crippen LogP contribution >= 0.6 is 0 Å². The number of amides is 2. The number of hydrogen-bond acceptors (Lipinski definition) is 2. The molecule has 5 nitrogen and oxygen atoms in total. The van der Waals surface area contributed by atoms with E-state index in [1.165, 1.54) is 0 Å². The molecular weight excluding hydrogens is 244 g/mol. The number of carboxylic acid groups (broad SMARTS) is 1. The molecule has 0 heterocycles. The van der Waals surface area contributed by atoms with Crippen LogP contribution < -0.4 is 10.6 Å². The number of aliphatic carboxylic acids is 1. The van der Waals surface area contributed by atoms with Gasteiger partial charge in [-0.3, -0.25) is 4.79 Å². The Balaban J connectivity index is 4.11. The summed E-state index contributed by atoms with van der Waals surface area (Å²) in [6, 6.07) is -0.114. The van der Waals surface area contributed by atoms with Gasteiger partial charge in [0.05, 0.1) is 0 Å². The maximum Gasteiger partial charge on any atom is 0.315 e. The van der Waals surface area contributed by atoms with Gasteiger partial charge in [0.25, 0.3) is 0 Å². The summed E-state index contributed by atoms with van der Waals surface area (Å²) in [6.07, 6.45) is 2.50. The van der Waals surface area contributed by atoms with Crippen LogP contribution in [0, 0.1) is 5.92 Å². The summed E-state index contributed by atoms with van der Waals surface area (Å²) in [5.74, 6) is -0.268. The van der Waals surface area contributed by atoms with Crippen LogP contribution in [0.5, 0.6) is 0 Å². The van der Waals surface area contributed by atoms with Crippen LogP contribution in [0.25, 0.3) is 0 Å². The fourth-order valence-electron chi connectivity index (χ4n) is 1.88. The first-order chi connectivity index (χ1) is 8.66. The minimum Gasteiger partial charge on any atom is -0.481 e. The molecule has 0 saturated heterocycles. The minimum absolute atomic E-state index is 0.0513. The highest BCUT2D eigenvalue weighted by Gasteiger charge is 2.22. The lowest BCUT2D eigenvalue weighted by atomic mass is 9.98. The zero-order valence-electron chi connectivity index (χ0n) is 12.7. The van der Waals surface area contributed by atoms with E-state index in [1.807, 2.05) is 20.8 Å². The van der Waals surface area contributed by atoms with Crippen molar-refractivity contribution in [1.29, 1.82) is 0 Å². The Labute approximate surface area is 116 Å². The van der Waals surface area contributed by atoms with E-state index in [-0.39, 0.29) is 18.5 Å². The molecule has 0 aromatic rings. The molecule has 0 spiro atoms. The van der Waals surface area contributed by atoms with Crippen LogP contribution in [0.2, 0.25) is 0 Å². The van der Waals surface area contributed by atoms with Crippen LogP contribution in [0.15, 0.2) is 0 Å². The number of hydrogen-bond donors (Lipinski definition) is 3. The summed E-state index contributed by atoms with van der Waals surface area (Å²) >= 11 is 0. The van der Waals surface area contributed by atoms with Gasteiger partial charge in [0.2, 0.25) is 0 Å². The summed E-state index contributed by atoms with van der Waals surface area (Å²) in [4.78, 5) is 22.3. The SMILES string of the molecule is CCC(C)CC(C)NC(=O)NC(C)(C)CCC(=O)O. The Morgan fingerprint density at radius 1 is 1.26 bits per heavy atom. The number of carbonyl (C=O) groups is 2. The smallest absolute Gasteiger partial charge is 0.315 e. The number of carbonyl (C=O) groups excluding carboxylic acids is 1. The van der Waals surface area contributed by atoms with Gasteiger partial charge in [0, 0.05) is 18.0 Å². The molecule has 19 heavy (non-hydrogen) atoms. The van der Waals surface area contributed by atoms with Crippen LogP contribution in [0.4, 0.5) is 4.79 Å². The molecular formula is C14H28N2O3. The van der Waals surface area contributed by atoms with Crippen molar-refractivity contribution < 1.29 is 14.7 Å². The highest BCUT2D eigenvalue weighted by atomic mass is 16.4. The van der Waals surface area contributed by atoms with Crippen LogP contribution in [0.3, 0.4) is 0 Å². The van der Waals surface area contributed by atoms with Gasteiger partial charge >= 0.3 is 12.0 Å². The quantitative estimate of drug-likeness (QED) is 0.635. The maximum atomic E-state index is 11.8. The summed E-state index contributed by atoms with van der Waals surface area (Å²) in [6.45, 7) is 9.93.